The molecule has 1 heterocycles. The molecule has 0 bridgehead atoms. The summed E-state index contributed by atoms with van der Waals surface area (Å²) >= 11 is 0. The fraction of sp³-hybridized carbons (Fsp3) is 0.609. The number of carbonyl (C=O) groups excluding carboxylic acids is 2. The molecule has 0 radical (unpaired) electrons. The first kappa shape index (κ1) is 19.9. The van der Waals surface area contributed by atoms with Crippen molar-refractivity contribution < 1.29 is 19.5 Å². The number of fused-ring (bicyclic) bond motifs is 1. The second-order valence-corrected chi connectivity index (χ2v) is 8.94. The number of rotatable bonds is 4. The van der Waals surface area contributed by atoms with Gasteiger partial charge >= 0.3 is 5.97 Å². The molecule has 3 unspecified atom stereocenters. The van der Waals surface area contributed by atoms with E-state index in [1.807, 2.05) is 23.1 Å². The standard InChI is InChI=1S/C23H30N2O4/c1-14-12-15-6-2-5-9-20(15)25(14)22(27)19-8-4-3-7-18(19)21(26)24-17-11-10-16(13-17)23(28)29/h2,5-6,9,14,16-19H,3-4,7-8,10-13H2,1H3,(H,24,26)(H,28,29)/t14?,16-,17+,18?,19?/m0/s1. The number of carboxylic acid groups (broad SMARTS) is 1. The van der Waals surface area contributed by atoms with Crippen LogP contribution in [0.5, 0.6) is 0 Å². The van der Waals surface area contributed by atoms with Crippen LogP contribution in [0.25, 0.3) is 0 Å². The molecule has 1 aliphatic heterocycles. The molecule has 2 amide bonds. The molecule has 29 heavy (non-hydrogen) atoms. The number of hydrogen-bond donors (Lipinski definition) is 2. The number of aliphatic carboxylic acids is 1. The summed E-state index contributed by atoms with van der Waals surface area (Å²) in [6, 6.07) is 8.05. The molecule has 2 aliphatic carbocycles. The third-order valence-corrected chi connectivity index (χ3v) is 6.99. The van der Waals surface area contributed by atoms with Crippen LogP contribution in [0.3, 0.4) is 0 Å². The molecule has 2 N–H and O–H groups in total. The highest BCUT2D eigenvalue weighted by atomic mass is 16.4. The van der Waals surface area contributed by atoms with Crippen molar-refractivity contribution in [1.29, 1.82) is 0 Å². The average Bonchev–Trinajstić information content (AvgIpc) is 3.31. The van der Waals surface area contributed by atoms with E-state index >= 15 is 0 Å². The zero-order chi connectivity index (χ0) is 20.5. The van der Waals surface area contributed by atoms with Gasteiger partial charge in [0.1, 0.15) is 0 Å². The Morgan fingerprint density at radius 1 is 1.03 bits per heavy atom. The summed E-state index contributed by atoms with van der Waals surface area (Å²) in [7, 11) is 0. The van der Waals surface area contributed by atoms with Gasteiger partial charge in [-0.1, -0.05) is 31.0 Å². The Bertz CT molecular complexity index is 808. The van der Waals surface area contributed by atoms with Crippen LogP contribution in [0.1, 0.15) is 57.4 Å². The third kappa shape index (κ3) is 3.89. The predicted octanol–water partition coefficient (Wildman–Crippen LogP) is 3.14. The van der Waals surface area contributed by atoms with Gasteiger partial charge in [0.2, 0.25) is 11.8 Å². The summed E-state index contributed by atoms with van der Waals surface area (Å²) in [5, 5.41) is 12.3. The van der Waals surface area contributed by atoms with E-state index in [0.29, 0.717) is 19.3 Å². The number of anilines is 1. The van der Waals surface area contributed by atoms with Crippen molar-refractivity contribution in [2.24, 2.45) is 17.8 Å². The lowest BCUT2D eigenvalue weighted by Crippen LogP contribution is -2.48. The Morgan fingerprint density at radius 2 is 1.76 bits per heavy atom. The van der Waals surface area contributed by atoms with Crippen molar-refractivity contribution in [2.75, 3.05) is 4.90 Å². The Labute approximate surface area is 171 Å². The molecule has 2 fully saturated rings. The number of hydrogen-bond acceptors (Lipinski definition) is 3. The lowest BCUT2D eigenvalue weighted by atomic mass is 9.77. The molecule has 0 saturated heterocycles. The summed E-state index contributed by atoms with van der Waals surface area (Å²) in [5.41, 5.74) is 2.17. The zero-order valence-electron chi connectivity index (χ0n) is 17.0. The van der Waals surface area contributed by atoms with Crippen LogP contribution in [0.2, 0.25) is 0 Å². The fourth-order valence-corrected chi connectivity index (χ4v) is 5.47. The van der Waals surface area contributed by atoms with Crippen LogP contribution < -0.4 is 10.2 Å². The third-order valence-electron chi connectivity index (χ3n) is 6.99. The van der Waals surface area contributed by atoms with E-state index in [-0.39, 0.29) is 41.7 Å². The van der Waals surface area contributed by atoms with E-state index in [0.717, 1.165) is 37.8 Å². The minimum absolute atomic E-state index is 0.0668. The molecular weight excluding hydrogens is 368 g/mol. The van der Waals surface area contributed by atoms with Crippen LogP contribution in [-0.2, 0) is 20.8 Å². The van der Waals surface area contributed by atoms with Gasteiger partial charge in [-0.2, -0.15) is 0 Å². The predicted molar refractivity (Wildman–Crippen MR) is 109 cm³/mol. The van der Waals surface area contributed by atoms with Crippen LogP contribution in [0, 0.1) is 17.8 Å². The van der Waals surface area contributed by atoms with Crippen LogP contribution >= 0.6 is 0 Å². The van der Waals surface area contributed by atoms with Gasteiger partial charge in [-0.25, -0.2) is 0 Å². The monoisotopic (exact) mass is 398 g/mol. The first-order valence-electron chi connectivity index (χ1n) is 10.9. The van der Waals surface area contributed by atoms with E-state index in [1.165, 1.54) is 5.56 Å². The molecule has 6 heteroatoms. The molecule has 1 aromatic carbocycles. The number of nitrogens with one attached hydrogen (secondary N) is 1. The molecule has 156 valence electrons. The maximum atomic E-state index is 13.5. The Balaban J connectivity index is 1.47. The van der Waals surface area contributed by atoms with E-state index in [4.69, 9.17) is 0 Å². The summed E-state index contributed by atoms with van der Waals surface area (Å²) in [5.74, 6) is -1.77. The Morgan fingerprint density at radius 3 is 2.48 bits per heavy atom. The summed E-state index contributed by atoms with van der Waals surface area (Å²) in [6.07, 6.45) is 6.03. The molecule has 0 spiro atoms. The van der Waals surface area contributed by atoms with Crippen LogP contribution in [0.15, 0.2) is 24.3 Å². The fourth-order valence-electron chi connectivity index (χ4n) is 5.47. The Kier molecular flexibility index (Phi) is 5.61. The summed E-state index contributed by atoms with van der Waals surface area (Å²) in [4.78, 5) is 39.7. The summed E-state index contributed by atoms with van der Waals surface area (Å²) in [6.45, 7) is 2.07. The van der Waals surface area contributed by atoms with Gasteiger partial charge in [0.15, 0.2) is 0 Å². The topological polar surface area (TPSA) is 86.7 Å². The molecule has 3 aliphatic rings. The molecule has 4 rings (SSSR count). The van der Waals surface area contributed by atoms with Crippen molar-refractivity contribution in [3.05, 3.63) is 29.8 Å². The lowest BCUT2D eigenvalue weighted by molar-refractivity contribution is -0.141. The first-order chi connectivity index (χ1) is 14.0. The van der Waals surface area contributed by atoms with Gasteiger partial charge in [0, 0.05) is 23.7 Å². The largest absolute Gasteiger partial charge is 0.481 e. The number of benzene rings is 1. The van der Waals surface area contributed by atoms with Gasteiger partial charge in [-0.3, -0.25) is 14.4 Å². The van der Waals surface area contributed by atoms with Gasteiger partial charge in [0.25, 0.3) is 0 Å². The number of carboxylic acids is 1. The number of carbonyl (C=O) groups is 3. The van der Waals surface area contributed by atoms with Gasteiger partial charge in [0.05, 0.1) is 11.8 Å². The molecule has 6 nitrogen and oxygen atoms in total. The molecule has 1 aromatic rings. The van der Waals surface area contributed by atoms with Crippen molar-refractivity contribution in [3.8, 4) is 0 Å². The highest BCUT2D eigenvalue weighted by Gasteiger charge is 2.42. The summed E-state index contributed by atoms with van der Waals surface area (Å²) < 4.78 is 0. The maximum absolute atomic E-state index is 13.5. The Hall–Kier alpha value is -2.37. The normalized spacial score (nSPS) is 31.3. The first-order valence-corrected chi connectivity index (χ1v) is 10.9. The van der Waals surface area contributed by atoms with Crippen LogP contribution in [0.4, 0.5) is 5.69 Å². The van der Waals surface area contributed by atoms with Crippen molar-refractivity contribution >= 4 is 23.5 Å². The SMILES string of the molecule is CC1Cc2ccccc2N1C(=O)C1CCCCC1C(=O)N[C@@H]1CC[C@H](C(=O)O)C1. The van der Waals surface area contributed by atoms with E-state index in [2.05, 4.69) is 18.3 Å². The number of para-hydroxylation sites is 1. The maximum Gasteiger partial charge on any atom is 0.306 e. The smallest absolute Gasteiger partial charge is 0.306 e. The van der Waals surface area contributed by atoms with E-state index in [9.17, 15) is 19.5 Å². The van der Waals surface area contributed by atoms with E-state index in [1.54, 1.807) is 0 Å². The number of nitrogens with zero attached hydrogens (tertiary/aromatic N) is 1. The minimum atomic E-state index is -0.783. The number of amides is 2. The molecular formula is C23H30N2O4. The molecule has 5 atom stereocenters. The van der Waals surface area contributed by atoms with Crippen molar-refractivity contribution in [2.45, 2.75) is 70.4 Å². The van der Waals surface area contributed by atoms with Gasteiger partial charge in [-0.15, -0.1) is 0 Å². The van der Waals surface area contributed by atoms with Crippen LogP contribution in [-0.4, -0.2) is 35.0 Å². The zero-order valence-corrected chi connectivity index (χ0v) is 17.0. The molecule has 2 saturated carbocycles. The molecule has 0 aromatic heterocycles. The minimum Gasteiger partial charge on any atom is -0.481 e. The van der Waals surface area contributed by atoms with Crippen molar-refractivity contribution in [3.63, 3.8) is 0 Å². The quantitative estimate of drug-likeness (QED) is 0.816. The second-order valence-electron chi connectivity index (χ2n) is 8.94. The van der Waals surface area contributed by atoms with Gasteiger partial charge < -0.3 is 15.3 Å². The lowest BCUT2D eigenvalue weighted by Gasteiger charge is -2.35. The van der Waals surface area contributed by atoms with Gasteiger partial charge in [-0.05, 0) is 57.1 Å². The van der Waals surface area contributed by atoms with E-state index < -0.39 is 5.97 Å². The van der Waals surface area contributed by atoms with Crippen molar-refractivity contribution in [1.82, 2.24) is 5.32 Å². The highest BCUT2D eigenvalue weighted by Crippen LogP contribution is 2.38. The average molecular weight is 399 g/mol. The second kappa shape index (κ2) is 8.17. The highest BCUT2D eigenvalue weighted by molar-refractivity contribution is 6.00.